The Hall–Kier alpha value is -2.97. The number of carbonyl (C=O) groups is 3. The lowest BCUT2D eigenvalue weighted by Gasteiger charge is -2.32. The molecule has 1 aliphatic heterocycles. The molecule has 1 atom stereocenters. The van der Waals surface area contributed by atoms with Crippen molar-refractivity contribution in [3.05, 3.63) is 30.2 Å². The van der Waals surface area contributed by atoms with E-state index in [9.17, 15) is 14.4 Å². The summed E-state index contributed by atoms with van der Waals surface area (Å²) in [5, 5.41) is 13.2. The van der Waals surface area contributed by atoms with Crippen molar-refractivity contribution in [1.29, 1.82) is 0 Å². The van der Waals surface area contributed by atoms with Gasteiger partial charge in [-0.1, -0.05) is 0 Å². The number of hydrogen-bond donors (Lipinski definition) is 1. The lowest BCUT2D eigenvalue weighted by Crippen LogP contribution is -2.46. The van der Waals surface area contributed by atoms with Gasteiger partial charge in [0.15, 0.2) is 5.65 Å². The van der Waals surface area contributed by atoms with E-state index in [1.165, 1.54) is 27.6 Å². The third-order valence-corrected chi connectivity index (χ3v) is 4.35. The van der Waals surface area contributed by atoms with Crippen molar-refractivity contribution in [3.63, 3.8) is 0 Å². The largest absolute Gasteiger partial charge is 0.481 e. The lowest BCUT2D eigenvalue weighted by atomic mass is 9.98. The number of likely N-dealkylation sites (tertiary alicyclic amines) is 1. The van der Waals surface area contributed by atoms with Crippen LogP contribution in [0.3, 0.4) is 0 Å². The molecule has 9 heteroatoms. The first-order chi connectivity index (χ1) is 12.0. The maximum atomic E-state index is 12.6. The number of carboxylic acids is 1. The number of nitrogens with zero attached hydrogens (tertiary/aromatic N) is 5. The van der Waals surface area contributed by atoms with Crippen molar-refractivity contribution in [2.45, 2.75) is 12.8 Å². The van der Waals surface area contributed by atoms with Crippen LogP contribution in [0, 0.1) is 5.92 Å². The predicted octanol–water partition coefficient (Wildman–Crippen LogP) is 0.125. The molecule has 1 fully saturated rings. The van der Waals surface area contributed by atoms with Gasteiger partial charge in [-0.3, -0.25) is 14.4 Å². The Labute approximate surface area is 143 Å². The molecule has 25 heavy (non-hydrogen) atoms. The zero-order chi connectivity index (χ0) is 18.0. The lowest BCUT2D eigenvalue weighted by molar-refractivity contribution is -0.145. The third-order valence-electron chi connectivity index (χ3n) is 4.35. The van der Waals surface area contributed by atoms with E-state index in [4.69, 9.17) is 5.11 Å². The van der Waals surface area contributed by atoms with Crippen molar-refractivity contribution in [2.24, 2.45) is 5.92 Å². The Morgan fingerprint density at radius 3 is 2.96 bits per heavy atom. The topological polar surface area (TPSA) is 108 Å². The summed E-state index contributed by atoms with van der Waals surface area (Å²) in [6.45, 7) is 0.590. The minimum absolute atomic E-state index is 0.116. The number of aliphatic carboxylic acids is 1. The molecule has 9 nitrogen and oxygen atoms in total. The van der Waals surface area contributed by atoms with Gasteiger partial charge >= 0.3 is 5.97 Å². The molecule has 0 radical (unpaired) electrons. The predicted molar refractivity (Wildman–Crippen MR) is 86.9 cm³/mol. The van der Waals surface area contributed by atoms with Gasteiger partial charge in [-0.15, -0.1) is 0 Å². The average Bonchev–Trinajstić information content (AvgIpc) is 3.05. The fourth-order valence-corrected chi connectivity index (χ4v) is 2.96. The quantitative estimate of drug-likeness (QED) is 0.843. The fourth-order valence-electron chi connectivity index (χ4n) is 2.96. The molecule has 0 spiro atoms. The van der Waals surface area contributed by atoms with E-state index in [0.717, 1.165) is 0 Å². The van der Waals surface area contributed by atoms with E-state index in [1.54, 1.807) is 18.5 Å². The van der Waals surface area contributed by atoms with Crippen LogP contribution in [0.25, 0.3) is 5.65 Å². The molecule has 3 heterocycles. The van der Waals surface area contributed by atoms with Crippen molar-refractivity contribution < 1.29 is 19.5 Å². The van der Waals surface area contributed by atoms with Crippen LogP contribution in [0.15, 0.2) is 24.7 Å². The van der Waals surface area contributed by atoms with Crippen LogP contribution in [0.5, 0.6) is 0 Å². The molecule has 0 aromatic carbocycles. The molecule has 2 aromatic rings. The highest BCUT2D eigenvalue weighted by molar-refractivity contribution is 6.01. The molecule has 2 amide bonds. The van der Waals surface area contributed by atoms with Gasteiger partial charge in [0.25, 0.3) is 5.91 Å². The number of hydrogen-bond acceptors (Lipinski definition) is 5. The average molecular weight is 345 g/mol. The number of likely N-dealkylation sites (N-methyl/N-ethyl adjacent to an activating group) is 1. The monoisotopic (exact) mass is 345 g/mol. The summed E-state index contributed by atoms with van der Waals surface area (Å²) in [6, 6.07) is 1.71. The van der Waals surface area contributed by atoms with Gasteiger partial charge in [0.1, 0.15) is 5.56 Å². The summed E-state index contributed by atoms with van der Waals surface area (Å²) in [5.74, 6) is -2.04. The minimum atomic E-state index is -0.889. The van der Waals surface area contributed by atoms with Crippen LogP contribution < -0.4 is 0 Å². The highest BCUT2D eigenvalue weighted by Crippen LogP contribution is 2.17. The summed E-state index contributed by atoms with van der Waals surface area (Å²) >= 11 is 0. The summed E-state index contributed by atoms with van der Waals surface area (Å²) in [7, 11) is 1.53. The number of fused-ring (bicyclic) bond motifs is 1. The summed E-state index contributed by atoms with van der Waals surface area (Å²) in [5.41, 5.74) is 0.744. The minimum Gasteiger partial charge on any atom is -0.481 e. The Morgan fingerprint density at radius 2 is 2.20 bits per heavy atom. The van der Waals surface area contributed by atoms with Crippen LogP contribution in [0.1, 0.15) is 23.2 Å². The number of rotatable bonds is 4. The highest BCUT2D eigenvalue weighted by Gasteiger charge is 2.29. The highest BCUT2D eigenvalue weighted by atomic mass is 16.4. The zero-order valence-corrected chi connectivity index (χ0v) is 13.8. The van der Waals surface area contributed by atoms with Gasteiger partial charge < -0.3 is 14.9 Å². The molecular weight excluding hydrogens is 326 g/mol. The molecule has 0 bridgehead atoms. The Morgan fingerprint density at radius 1 is 1.40 bits per heavy atom. The van der Waals surface area contributed by atoms with E-state index >= 15 is 0 Å². The second-order valence-corrected chi connectivity index (χ2v) is 6.12. The first-order valence-electron chi connectivity index (χ1n) is 8.01. The summed E-state index contributed by atoms with van der Waals surface area (Å²) < 4.78 is 1.49. The summed E-state index contributed by atoms with van der Waals surface area (Å²) in [4.78, 5) is 43.1. The molecule has 1 aliphatic rings. The van der Waals surface area contributed by atoms with E-state index < -0.39 is 11.9 Å². The number of carboxylic acid groups (broad SMARTS) is 1. The number of carbonyl (C=O) groups excluding carboxylic acids is 2. The summed E-state index contributed by atoms with van der Waals surface area (Å²) in [6.07, 6.45) is 5.90. The Balaban J connectivity index is 1.67. The molecule has 0 aliphatic carbocycles. The molecule has 3 rings (SSSR count). The van der Waals surface area contributed by atoms with Crippen LogP contribution >= 0.6 is 0 Å². The Kier molecular flexibility index (Phi) is 4.64. The number of piperidine rings is 1. The van der Waals surface area contributed by atoms with Crippen LogP contribution in [-0.4, -0.2) is 74.0 Å². The van der Waals surface area contributed by atoms with Crippen molar-refractivity contribution in [2.75, 3.05) is 26.7 Å². The first kappa shape index (κ1) is 16.9. The normalized spacial score (nSPS) is 17.5. The van der Waals surface area contributed by atoms with Gasteiger partial charge in [0.05, 0.1) is 18.7 Å². The van der Waals surface area contributed by atoms with Gasteiger partial charge in [-0.25, -0.2) is 9.50 Å². The van der Waals surface area contributed by atoms with Crippen LogP contribution in [0.4, 0.5) is 0 Å². The molecule has 2 aromatic heterocycles. The van der Waals surface area contributed by atoms with E-state index in [0.29, 0.717) is 30.6 Å². The third kappa shape index (κ3) is 3.44. The second kappa shape index (κ2) is 6.88. The first-order valence-corrected chi connectivity index (χ1v) is 8.01. The van der Waals surface area contributed by atoms with Crippen molar-refractivity contribution >= 4 is 23.4 Å². The number of amides is 2. The van der Waals surface area contributed by atoms with Crippen molar-refractivity contribution in [1.82, 2.24) is 24.4 Å². The molecule has 0 saturated carbocycles. The Bertz CT molecular complexity index is 818. The van der Waals surface area contributed by atoms with E-state index in [1.807, 2.05) is 0 Å². The second-order valence-electron chi connectivity index (χ2n) is 6.12. The van der Waals surface area contributed by atoms with Crippen LogP contribution in [0.2, 0.25) is 0 Å². The van der Waals surface area contributed by atoms with E-state index in [2.05, 4.69) is 10.1 Å². The smallest absolute Gasteiger partial charge is 0.308 e. The zero-order valence-electron chi connectivity index (χ0n) is 13.8. The molecule has 132 valence electrons. The molecule has 1 saturated heterocycles. The van der Waals surface area contributed by atoms with Crippen LogP contribution in [-0.2, 0) is 9.59 Å². The van der Waals surface area contributed by atoms with Gasteiger partial charge in [0.2, 0.25) is 5.91 Å². The SMILES string of the molecule is CN(CC(=O)N1CCCC(C(=O)O)C1)C(=O)c1cnn2cccnc12. The maximum absolute atomic E-state index is 12.6. The van der Waals surface area contributed by atoms with Gasteiger partial charge in [0, 0.05) is 32.5 Å². The molecule has 1 unspecified atom stereocenters. The van der Waals surface area contributed by atoms with Crippen molar-refractivity contribution in [3.8, 4) is 0 Å². The van der Waals surface area contributed by atoms with Gasteiger partial charge in [-0.2, -0.15) is 5.10 Å². The standard InChI is InChI=1S/C16H19N5O4/c1-19(10-13(22)20-6-2-4-11(9-20)16(24)25)15(23)12-8-18-21-7-3-5-17-14(12)21/h3,5,7-8,11H,2,4,6,9-10H2,1H3,(H,24,25). The van der Waals surface area contributed by atoms with Gasteiger partial charge in [-0.05, 0) is 18.9 Å². The molecular formula is C16H19N5O4. The fraction of sp³-hybridized carbons (Fsp3) is 0.438. The number of aromatic nitrogens is 3. The van der Waals surface area contributed by atoms with E-state index in [-0.39, 0.29) is 24.9 Å². The molecule has 1 N–H and O–H groups in total. The maximum Gasteiger partial charge on any atom is 0.308 e.